The van der Waals surface area contributed by atoms with Gasteiger partial charge in [0.25, 0.3) is 0 Å². The van der Waals surface area contributed by atoms with Crippen LogP contribution in [0.4, 0.5) is 16.4 Å². The summed E-state index contributed by atoms with van der Waals surface area (Å²) < 4.78 is 17.4. The Bertz CT molecular complexity index is 1810. The molecule has 1 aromatic heterocycles. The Hall–Kier alpha value is -5.40. The number of nitrogens with zero attached hydrogens (tertiary/aromatic N) is 4. The largest absolute Gasteiger partial charge is 0.492 e. The van der Waals surface area contributed by atoms with E-state index in [0.29, 0.717) is 47.9 Å². The van der Waals surface area contributed by atoms with Crippen LogP contribution in [0.5, 0.6) is 11.5 Å². The second-order valence-corrected chi connectivity index (χ2v) is 12.3. The van der Waals surface area contributed by atoms with Crippen molar-refractivity contribution < 1.29 is 24.2 Å². The van der Waals surface area contributed by atoms with Crippen LogP contribution in [0.3, 0.4) is 0 Å². The van der Waals surface area contributed by atoms with E-state index in [1.807, 2.05) is 62.4 Å². The number of ether oxygens (including phenoxy) is 3. The molecule has 1 heterocycles. The van der Waals surface area contributed by atoms with E-state index >= 15 is 0 Å². The molecule has 4 aromatic rings. The average molecular weight is 664 g/mol. The van der Waals surface area contributed by atoms with E-state index in [-0.39, 0.29) is 19.2 Å². The molecule has 0 unspecified atom stereocenters. The summed E-state index contributed by atoms with van der Waals surface area (Å²) in [4.78, 5) is 20.7. The predicted molar refractivity (Wildman–Crippen MR) is 191 cm³/mol. The van der Waals surface area contributed by atoms with E-state index in [0.717, 1.165) is 44.9 Å². The standard InChI is InChI=1S/C39H45N5O5/c1-8-27-23-32(13-16-35(27)26(3)4)43-38(45)48-20-10-19-47-36-28(9-2)21-31(22-29(36)24-40)39(5,6)30-11-14-34(15-12-30)49-25-33-17-18-41-37(42-33)44(7)46/h11-18,21-23,46H,3,8-10,19-20,25H2,1-2,4-7H3,(H,43,45). The minimum atomic E-state index is -0.529. The van der Waals surface area contributed by atoms with Crippen LogP contribution in [0.15, 0.2) is 73.4 Å². The number of nitriles is 1. The zero-order chi connectivity index (χ0) is 35.6. The van der Waals surface area contributed by atoms with Crippen LogP contribution in [0, 0.1) is 11.3 Å². The molecule has 0 fully saturated rings. The summed E-state index contributed by atoms with van der Waals surface area (Å²) in [6, 6.07) is 21.6. The van der Waals surface area contributed by atoms with Gasteiger partial charge in [0.05, 0.1) is 24.5 Å². The van der Waals surface area contributed by atoms with Gasteiger partial charge in [0.15, 0.2) is 0 Å². The first kappa shape index (κ1) is 36.4. The Morgan fingerprint density at radius 2 is 1.73 bits per heavy atom. The predicted octanol–water partition coefficient (Wildman–Crippen LogP) is 8.25. The molecule has 0 atom stereocenters. The highest BCUT2D eigenvalue weighted by atomic mass is 16.5. The summed E-state index contributed by atoms with van der Waals surface area (Å²) >= 11 is 0. The quantitative estimate of drug-likeness (QED) is 0.0954. The van der Waals surface area contributed by atoms with Gasteiger partial charge >= 0.3 is 6.09 Å². The molecule has 10 nitrogen and oxygen atoms in total. The monoisotopic (exact) mass is 663 g/mol. The molecule has 49 heavy (non-hydrogen) atoms. The van der Waals surface area contributed by atoms with Crippen LogP contribution in [0.25, 0.3) is 5.57 Å². The fourth-order valence-electron chi connectivity index (χ4n) is 5.41. The molecule has 4 rings (SSSR count). The van der Waals surface area contributed by atoms with E-state index in [9.17, 15) is 15.3 Å². The molecule has 0 aliphatic carbocycles. The van der Waals surface area contributed by atoms with Crippen LogP contribution in [0.2, 0.25) is 0 Å². The minimum absolute atomic E-state index is 0.171. The molecule has 3 aromatic carbocycles. The second kappa shape index (κ2) is 16.6. The summed E-state index contributed by atoms with van der Waals surface area (Å²) in [5.74, 6) is 1.43. The Balaban J connectivity index is 1.34. The van der Waals surface area contributed by atoms with Gasteiger partial charge < -0.3 is 14.2 Å². The van der Waals surface area contributed by atoms with Crippen LogP contribution < -0.4 is 19.9 Å². The number of carbonyl (C=O) groups excluding carboxylic acids is 1. The molecule has 0 saturated carbocycles. The van der Waals surface area contributed by atoms with Crippen molar-refractivity contribution in [2.45, 2.75) is 65.9 Å². The lowest BCUT2D eigenvalue weighted by Crippen LogP contribution is -2.20. The van der Waals surface area contributed by atoms with E-state index in [1.165, 1.54) is 7.05 Å². The highest BCUT2D eigenvalue weighted by molar-refractivity contribution is 5.85. The topological polar surface area (TPSA) is 130 Å². The summed E-state index contributed by atoms with van der Waals surface area (Å²) in [5.41, 5.74) is 7.52. The number of hydroxylamine groups is 1. The van der Waals surface area contributed by atoms with Gasteiger partial charge in [-0.05, 0) is 84.0 Å². The molecule has 0 spiro atoms. The smallest absolute Gasteiger partial charge is 0.411 e. The van der Waals surface area contributed by atoms with Crippen LogP contribution in [0.1, 0.15) is 80.1 Å². The lowest BCUT2D eigenvalue weighted by Gasteiger charge is -2.28. The Morgan fingerprint density at radius 1 is 1.00 bits per heavy atom. The maximum Gasteiger partial charge on any atom is 0.411 e. The number of aryl methyl sites for hydroxylation is 2. The normalized spacial score (nSPS) is 11.0. The molecule has 0 aliphatic heterocycles. The highest BCUT2D eigenvalue weighted by Gasteiger charge is 2.26. The van der Waals surface area contributed by atoms with Gasteiger partial charge in [-0.25, -0.2) is 19.8 Å². The fraction of sp³-hybridized carbons (Fsp3) is 0.333. The van der Waals surface area contributed by atoms with Crippen LogP contribution >= 0.6 is 0 Å². The molecule has 10 heteroatoms. The van der Waals surface area contributed by atoms with Gasteiger partial charge in [-0.2, -0.15) is 5.26 Å². The van der Waals surface area contributed by atoms with Crippen LogP contribution in [-0.2, 0) is 29.6 Å². The molecule has 0 aliphatic rings. The zero-order valence-electron chi connectivity index (χ0n) is 29.2. The van der Waals surface area contributed by atoms with Gasteiger partial charge in [-0.15, -0.1) is 0 Å². The number of allylic oxidation sites excluding steroid dienone is 1. The molecule has 256 valence electrons. The number of rotatable bonds is 15. The van der Waals surface area contributed by atoms with Crippen molar-refractivity contribution in [1.29, 1.82) is 5.26 Å². The van der Waals surface area contributed by atoms with Crippen LogP contribution in [-0.4, -0.2) is 41.5 Å². The number of hydrogen-bond acceptors (Lipinski definition) is 9. The molecule has 1 amide bonds. The summed E-state index contributed by atoms with van der Waals surface area (Å²) in [6.07, 6.45) is 3.02. The van der Waals surface area contributed by atoms with Crippen molar-refractivity contribution in [2.24, 2.45) is 0 Å². The molecular formula is C39H45N5O5. The molecule has 0 radical (unpaired) electrons. The first-order valence-electron chi connectivity index (χ1n) is 16.4. The summed E-state index contributed by atoms with van der Waals surface area (Å²) in [7, 11) is 1.46. The molecule has 0 bridgehead atoms. The van der Waals surface area contributed by atoms with E-state index in [4.69, 9.17) is 14.2 Å². The third kappa shape index (κ3) is 9.36. The number of anilines is 2. The fourth-order valence-corrected chi connectivity index (χ4v) is 5.41. The maximum absolute atomic E-state index is 12.4. The minimum Gasteiger partial charge on any atom is -0.492 e. The van der Waals surface area contributed by atoms with Gasteiger partial charge in [0.1, 0.15) is 24.2 Å². The highest BCUT2D eigenvalue weighted by Crippen LogP contribution is 2.37. The Kier molecular flexibility index (Phi) is 12.4. The number of hydrogen-bond donors (Lipinski definition) is 2. The van der Waals surface area contributed by atoms with E-state index in [2.05, 4.69) is 54.8 Å². The third-order valence-electron chi connectivity index (χ3n) is 8.30. The lowest BCUT2D eigenvalue weighted by atomic mass is 9.77. The van der Waals surface area contributed by atoms with Gasteiger partial charge in [-0.1, -0.05) is 64.1 Å². The second-order valence-electron chi connectivity index (χ2n) is 12.3. The first-order valence-corrected chi connectivity index (χ1v) is 16.4. The van der Waals surface area contributed by atoms with Crippen molar-refractivity contribution in [3.05, 3.63) is 113 Å². The number of carbonyl (C=O) groups is 1. The molecular weight excluding hydrogens is 618 g/mol. The van der Waals surface area contributed by atoms with Gasteiger partial charge in [0.2, 0.25) is 5.95 Å². The van der Waals surface area contributed by atoms with Crippen molar-refractivity contribution >= 4 is 23.3 Å². The average Bonchev–Trinajstić information content (AvgIpc) is 3.10. The first-order chi connectivity index (χ1) is 23.5. The zero-order valence-corrected chi connectivity index (χ0v) is 29.2. The number of nitrogens with one attached hydrogen (secondary N) is 1. The summed E-state index contributed by atoms with van der Waals surface area (Å²) in [5, 5.41) is 23.3. The maximum atomic E-state index is 12.4. The van der Waals surface area contributed by atoms with Crippen molar-refractivity contribution in [2.75, 3.05) is 30.6 Å². The van der Waals surface area contributed by atoms with Crippen molar-refractivity contribution in [1.82, 2.24) is 9.97 Å². The van der Waals surface area contributed by atoms with E-state index < -0.39 is 11.5 Å². The molecule has 0 saturated heterocycles. The number of aromatic nitrogens is 2. The summed E-state index contributed by atoms with van der Waals surface area (Å²) in [6.45, 7) is 15.0. The Labute approximate surface area is 289 Å². The number of benzene rings is 3. The Morgan fingerprint density at radius 3 is 2.39 bits per heavy atom. The van der Waals surface area contributed by atoms with Gasteiger partial charge in [-0.3, -0.25) is 10.5 Å². The third-order valence-corrected chi connectivity index (χ3v) is 8.30. The SMILES string of the molecule is C=C(C)c1ccc(NC(=O)OCCCOc2c(C#N)cc(C(C)(C)c3ccc(OCc4ccnc(N(C)O)n4)cc3)cc2CC)cc1CC. The number of amides is 1. The van der Waals surface area contributed by atoms with Crippen molar-refractivity contribution in [3.8, 4) is 17.6 Å². The van der Waals surface area contributed by atoms with E-state index in [1.54, 1.807) is 12.3 Å². The lowest BCUT2D eigenvalue weighted by molar-refractivity contribution is 0.151. The molecule has 2 N–H and O–H groups in total. The van der Waals surface area contributed by atoms with Crippen molar-refractivity contribution in [3.63, 3.8) is 0 Å². The van der Waals surface area contributed by atoms with Gasteiger partial charge in [0, 0.05) is 30.8 Å².